The molecule has 5 nitrogen and oxygen atoms in total. The molecule has 0 radical (unpaired) electrons. The highest BCUT2D eigenvalue weighted by molar-refractivity contribution is 6.50. The summed E-state index contributed by atoms with van der Waals surface area (Å²) in [5.41, 5.74) is 1.45. The number of rotatable bonds is 5. The molecule has 1 aromatic heterocycles. The fourth-order valence-corrected chi connectivity index (χ4v) is 2.62. The monoisotopic (exact) mass is 376 g/mol. The van der Waals surface area contributed by atoms with Crippen LogP contribution >= 0.6 is 23.2 Å². The molecule has 3 aromatic rings. The first-order valence-corrected chi connectivity index (χ1v) is 8.05. The van der Waals surface area contributed by atoms with Crippen molar-refractivity contribution in [3.8, 4) is 22.9 Å². The van der Waals surface area contributed by atoms with Gasteiger partial charge in [0.15, 0.2) is 0 Å². The van der Waals surface area contributed by atoms with Crippen LogP contribution in [-0.2, 0) is 0 Å². The second kappa shape index (κ2) is 7.59. The standard InChI is InChI=1S/C18H14Cl2N2O3/c1-23-12-7-11(8-13(10-12)24-2)9-16(20)18-21-17(22-25-18)14-5-3-4-6-15(14)19/h3-10H,1-2H3/b16-9-. The molecule has 0 aliphatic carbocycles. The van der Waals surface area contributed by atoms with Crippen LogP contribution in [0.5, 0.6) is 11.5 Å². The van der Waals surface area contributed by atoms with E-state index >= 15 is 0 Å². The molecule has 0 fully saturated rings. The van der Waals surface area contributed by atoms with Gasteiger partial charge >= 0.3 is 0 Å². The van der Waals surface area contributed by atoms with Gasteiger partial charge in [0.25, 0.3) is 5.89 Å². The van der Waals surface area contributed by atoms with Crippen molar-refractivity contribution < 1.29 is 14.0 Å². The Kier molecular flexibility index (Phi) is 5.26. The summed E-state index contributed by atoms with van der Waals surface area (Å²) in [5, 5.41) is 4.76. The molecular formula is C18H14Cl2N2O3. The highest BCUT2D eigenvalue weighted by Crippen LogP contribution is 2.29. The van der Waals surface area contributed by atoms with Crippen LogP contribution in [0.15, 0.2) is 47.0 Å². The van der Waals surface area contributed by atoms with E-state index in [4.69, 9.17) is 37.2 Å². The van der Waals surface area contributed by atoms with Crippen molar-refractivity contribution >= 4 is 34.3 Å². The molecule has 0 bridgehead atoms. The Hall–Kier alpha value is -2.50. The van der Waals surface area contributed by atoms with Crippen molar-refractivity contribution in [2.75, 3.05) is 14.2 Å². The summed E-state index contributed by atoms with van der Waals surface area (Å²) in [4.78, 5) is 4.30. The fourth-order valence-electron chi connectivity index (χ4n) is 2.19. The summed E-state index contributed by atoms with van der Waals surface area (Å²) in [6, 6.07) is 12.6. The maximum atomic E-state index is 6.32. The largest absolute Gasteiger partial charge is 0.497 e. The molecule has 25 heavy (non-hydrogen) atoms. The number of ether oxygens (including phenoxy) is 2. The van der Waals surface area contributed by atoms with Crippen LogP contribution in [0.4, 0.5) is 0 Å². The lowest BCUT2D eigenvalue weighted by Crippen LogP contribution is -1.88. The average molecular weight is 377 g/mol. The van der Waals surface area contributed by atoms with Crippen molar-refractivity contribution in [2.45, 2.75) is 0 Å². The second-order valence-corrected chi connectivity index (χ2v) is 5.86. The summed E-state index contributed by atoms with van der Waals surface area (Å²) in [6.07, 6.45) is 1.69. The summed E-state index contributed by atoms with van der Waals surface area (Å²) in [6.45, 7) is 0. The molecule has 0 saturated carbocycles. The molecule has 0 saturated heterocycles. The van der Waals surface area contributed by atoms with Gasteiger partial charge < -0.3 is 14.0 Å². The van der Waals surface area contributed by atoms with E-state index in [-0.39, 0.29) is 5.89 Å². The number of hydrogen-bond acceptors (Lipinski definition) is 5. The Morgan fingerprint density at radius 3 is 2.40 bits per heavy atom. The van der Waals surface area contributed by atoms with Crippen molar-refractivity contribution in [1.82, 2.24) is 10.1 Å². The summed E-state index contributed by atoms with van der Waals surface area (Å²) < 4.78 is 15.7. The molecule has 0 N–H and O–H groups in total. The fraction of sp³-hybridized carbons (Fsp3) is 0.111. The molecular weight excluding hydrogens is 363 g/mol. The Morgan fingerprint density at radius 2 is 1.76 bits per heavy atom. The molecule has 0 aliphatic heterocycles. The predicted octanol–water partition coefficient (Wildman–Crippen LogP) is 5.14. The molecule has 7 heteroatoms. The van der Waals surface area contributed by atoms with Gasteiger partial charge in [0.2, 0.25) is 5.82 Å². The zero-order valence-electron chi connectivity index (χ0n) is 13.5. The van der Waals surface area contributed by atoms with E-state index in [2.05, 4.69) is 10.1 Å². The van der Waals surface area contributed by atoms with Gasteiger partial charge in [0.05, 0.1) is 19.2 Å². The minimum Gasteiger partial charge on any atom is -0.497 e. The third-order valence-electron chi connectivity index (χ3n) is 3.41. The number of nitrogens with zero attached hydrogens (tertiary/aromatic N) is 2. The zero-order valence-corrected chi connectivity index (χ0v) is 15.0. The lowest BCUT2D eigenvalue weighted by Gasteiger charge is -2.05. The molecule has 0 atom stereocenters. The van der Waals surface area contributed by atoms with Crippen molar-refractivity contribution in [1.29, 1.82) is 0 Å². The number of halogens is 2. The quantitative estimate of drug-likeness (QED) is 0.616. The van der Waals surface area contributed by atoms with Crippen molar-refractivity contribution in [3.63, 3.8) is 0 Å². The minimum absolute atomic E-state index is 0.193. The van der Waals surface area contributed by atoms with E-state index in [9.17, 15) is 0 Å². The molecule has 0 spiro atoms. The van der Waals surface area contributed by atoms with Gasteiger partial charge in [-0.15, -0.1) is 0 Å². The summed E-state index contributed by atoms with van der Waals surface area (Å²) in [5.74, 6) is 1.86. The van der Waals surface area contributed by atoms with Crippen LogP contribution in [0.2, 0.25) is 5.02 Å². The topological polar surface area (TPSA) is 57.4 Å². The first-order chi connectivity index (χ1) is 12.1. The molecule has 1 heterocycles. The third-order valence-corrected chi connectivity index (χ3v) is 4.01. The van der Waals surface area contributed by atoms with Crippen molar-refractivity contribution in [3.05, 3.63) is 58.9 Å². The first kappa shape index (κ1) is 17.3. The first-order valence-electron chi connectivity index (χ1n) is 7.30. The highest BCUT2D eigenvalue weighted by Gasteiger charge is 2.14. The van der Waals surface area contributed by atoms with E-state index in [1.54, 1.807) is 32.4 Å². The number of benzene rings is 2. The van der Waals surface area contributed by atoms with Crippen molar-refractivity contribution in [2.24, 2.45) is 0 Å². The predicted molar refractivity (Wildman–Crippen MR) is 98.0 cm³/mol. The number of methoxy groups -OCH3 is 2. The smallest absolute Gasteiger partial charge is 0.269 e. The Balaban J connectivity index is 1.93. The SMILES string of the molecule is COc1cc(/C=C(\Cl)c2nc(-c3ccccc3Cl)no2)cc(OC)c1. The Bertz CT molecular complexity index is 900. The molecule has 0 unspecified atom stereocenters. The summed E-state index contributed by atoms with van der Waals surface area (Å²) in [7, 11) is 3.16. The molecule has 0 aliphatic rings. The van der Waals surface area contributed by atoms with Crippen LogP contribution in [0, 0.1) is 0 Å². The number of hydrogen-bond donors (Lipinski definition) is 0. The maximum Gasteiger partial charge on any atom is 0.269 e. The van der Waals surface area contributed by atoms with Gasteiger partial charge in [-0.2, -0.15) is 4.98 Å². The van der Waals surface area contributed by atoms with Crippen LogP contribution in [-0.4, -0.2) is 24.4 Å². The van der Waals surface area contributed by atoms with E-state index in [1.165, 1.54) is 0 Å². The maximum absolute atomic E-state index is 6.32. The van der Waals surface area contributed by atoms with E-state index < -0.39 is 0 Å². The van der Waals surface area contributed by atoms with Crippen LogP contribution in [0.1, 0.15) is 11.5 Å². The van der Waals surface area contributed by atoms with Crippen LogP contribution < -0.4 is 9.47 Å². The van der Waals surface area contributed by atoms with Gasteiger partial charge in [-0.3, -0.25) is 0 Å². The Morgan fingerprint density at radius 1 is 1.08 bits per heavy atom. The highest BCUT2D eigenvalue weighted by atomic mass is 35.5. The van der Waals surface area contributed by atoms with Crippen LogP contribution in [0.3, 0.4) is 0 Å². The second-order valence-electron chi connectivity index (χ2n) is 5.04. The lowest BCUT2D eigenvalue weighted by molar-refractivity contribution is 0.394. The normalized spacial score (nSPS) is 11.4. The van der Waals surface area contributed by atoms with E-state index in [1.807, 2.05) is 30.3 Å². The molecule has 3 rings (SSSR count). The molecule has 2 aromatic carbocycles. The van der Waals surface area contributed by atoms with Gasteiger partial charge in [0, 0.05) is 11.6 Å². The minimum atomic E-state index is 0.193. The van der Waals surface area contributed by atoms with Gasteiger partial charge in [-0.1, -0.05) is 40.5 Å². The Labute approximate surface area is 154 Å². The van der Waals surface area contributed by atoms with Gasteiger partial charge in [0.1, 0.15) is 16.5 Å². The van der Waals surface area contributed by atoms with E-state index in [0.717, 1.165) is 5.56 Å². The average Bonchev–Trinajstić information content (AvgIpc) is 3.11. The third kappa shape index (κ3) is 3.95. The van der Waals surface area contributed by atoms with Crippen LogP contribution in [0.25, 0.3) is 22.5 Å². The van der Waals surface area contributed by atoms with Gasteiger partial charge in [-0.05, 0) is 35.9 Å². The molecule has 0 amide bonds. The zero-order chi connectivity index (χ0) is 17.8. The van der Waals surface area contributed by atoms with Gasteiger partial charge in [-0.25, -0.2) is 0 Å². The number of aromatic nitrogens is 2. The summed E-state index contributed by atoms with van der Waals surface area (Å²) >= 11 is 12.5. The lowest BCUT2D eigenvalue weighted by atomic mass is 10.2. The molecule has 128 valence electrons. The van der Waals surface area contributed by atoms with E-state index in [0.29, 0.717) is 32.9 Å².